The second-order valence-corrected chi connectivity index (χ2v) is 8.53. The van der Waals surface area contributed by atoms with E-state index >= 15 is 0 Å². The van der Waals surface area contributed by atoms with Crippen molar-refractivity contribution in [2.45, 2.75) is 70.8 Å². The maximum Gasteiger partial charge on any atom is 0.0124 e. The van der Waals surface area contributed by atoms with Gasteiger partial charge >= 0.3 is 0 Å². The van der Waals surface area contributed by atoms with Gasteiger partial charge in [-0.1, -0.05) is 37.1 Å². The molecule has 1 saturated heterocycles. The Hall–Kier alpha value is -0.860. The first-order chi connectivity index (χ1) is 12.2. The minimum Gasteiger partial charge on any atom is -0.319 e. The highest BCUT2D eigenvalue weighted by Crippen LogP contribution is 2.39. The summed E-state index contributed by atoms with van der Waals surface area (Å²) in [5.41, 5.74) is 4.18. The van der Waals surface area contributed by atoms with Gasteiger partial charge in [-0.25, -0.2) is 0 Å². The third-order valence-corrected chi connectivity index (χ3v) is 6.60. The fourth-order valence-electron chi connectivity index (χ4n) is 5.34. The Morgan fingerprint density at radius 2 is 2.00 bits per heavy atom. The van der Waals surface area contributed by atoms with E-state index in [1.54, 1.807) is 0 Å². The van der Waals surface area contributed by atoms with Gasteiger partial charge in [0.15, 0.2) is 0 Å². The van der Waals surface area contributed by atoms with Gasteiger partial charge in [0, 0.05) is 6.04 Å². The molecule has 0 aromatic carbocycles. The average Bonchev–Trinajstić information content (AvgIpc) is 3.08. The van der Waals surface area contributed by atoms with E-state index in [0.717, 1.165) is 30.8 Å². The van der Waals surface area contributed by atoms with Crippen molar-refractivity contribution < 1.29 is 0 Å². The van der Waals surface area contributed by atoms with E-state index in [1.165, 1.54) is 81.2 Å². The number of likely N-dealkylation sites (tertiary alicyclic amines) is 1. The highest BCUT2D eigenvalue weighted by Gasteiger charge is 2.34. The second-order valence-electron chi connectivity index (χ2n) is 8.53. The van der Waals surface area contributed by atoms with Crippen LogP contribution in [0.25, 0.3) is 0 Å². The smallest absolute Gasteiger partial charge is 0.0124 e. The van der Waals surface area contributed by atoms with Gasteiger partial charge in [0.2, 0.25) is 0 Å². The maximum absolute atomic E-state index is 4.20. The summed E-state index contributed by atoms with van der Waals surface area (Å²) in [6, 6.07) is 0.876. The fraction of sp³-hybridized carbons (Fsp3) is 0.739. The van der Waals surface area contributed by atoms with E-state index in [2.05, 4.69) is 35.9 Å². The minimum atomic E-state index is 0.741. The molecule has 3 unspecified atom stereocenters. The normalized spacial score (nSPS) is 30.9. The van der Waals surface area contributed by atoms with E-state index in [-0.39, 0.29) is 0 Å². The Morgan fingerprint density at radius 3 is 2.72 bits per heavy atom. The van der Waals surface area contributed by atoms with Crippen molar-refractivity contribution >= 4 is 0 Å². The van der Waals surface area contributed by atoms with Crippen LogP contribution in [0.5, 0.6) is 0 Å². The predicted octanol–water partition coefficient (Wildman–Crippen LogP) is 5.09. The lowest BCUT2D eigenvalue weighted by atomic mass is 9.80. The molecule has 0 radical (unpaired) electrons. The van der Waals surface area contributed by atoms with Crippen molar-refractivity contribution in [3.05, 3.63) is 35.5 Å². The van der Waals surface area contributed by atoms with Crippen LogP contribution in [0.15, 0.2) is 35.5 Å². The van der Waals surface area contributed by atoms with Crippen molar-refractivity contribution in [1.29, 1.82) is 0 Å². The minimum absolute atomic E-state index is 0.741. The summed E-state index contributed by atoms with van der Waals surface area (Å²) in [4.78, 5) is 2.84. The first-order valence-corrected chi connectivity index (χ1v) is 10.6. The molecule has 25 heavy (non-hydrogen) atoms. The molecular formula is C23H38N2. The van der Waals surface area contributed by atoms with Crippen LogP contribution in [0.3, 0.4) is 0 Å². The molecule has 0 aromatic rings. The van der Waals surface area contributed by atoms with Crippen LogP contribution < -0.4 is 5.32 Å². The molecule has 140 valence electrons. The van der Waals surface area contributed by atoms with Crippen molar-refractivity contribution in [3.63, 3.8) is 0 Å². The molecule has 2 aliphatic carbocycles. The van der Waals surface area contributed by atoms with Gasteiger partial charge < -0.3 is 10.2 Å². The van der Waals surface area contributed by atoms with Crippen LogP contribution in [0.4, 0.5) is 0 Å². The van der Waals surface area contributed by atoms with Gasteiger partial charge in [0.1, 0.15) is 0 Å². The molecule has 0 spiro atoms. The number of hydrogen-bond acceptors (Lipinski definition) is 2. The van der Waals surface area contributed by atoms with Crippen molar-refractivity contribution in [2.24, 2.45) is 11.8 Å². The van der Waals surface area contributed by atoms with Gasteiger partial charge in [-0.05, 0) is 102 Å². The molecule has 0 aromatic heterocycles. The predicted molar refractivity (Wildman–Crippen MR) is 109 cm³/mol. The Balaban J connectivity index is 1.63. The maximum atomic E-state index is 4.20. The van der Waals surface area contributed by atoms with Crippen LogP contribution in [0.2, 0.25) is 0 Å². The molecule has 2 nitrogen and oxygen atoms in total. The van der Waals surface area contributed by atoms with Gasteiger partial charge in [0.05, 0.1) is 0 Å². The lowest BCUT2D eigenvalue weighted by molar-refractivity contribution is 0.124. The first kappa shape index (κ1) is 18.9. The third kappa shape index (κ3) is 4.86. The lowest BCUT2D eigenvalue weighted by Gasteiger charge is -2.37. The molecule has 2 fully saturated rings. The van der Waals surface area contributed by atoms with E-state index in [0.29, 0.717) is 0 Å². The first-order valence-electron chi connectivity index (χ1n) is 10.6. The van der Waals surface area contributed by atoms with E-state index in [9.17, 15) is 0 Å². The van der Waals surface area contributed by atoms with Gasteiger partial charge in [-0.3, -0.25) is 0 Å². The zero-order chi connectivity index (χ0) is 17.6. The standard InChI is InChI=1S/C23H38N2/c1-18(2)22-11-10-19(16-20(22)12-13-24-3)17-21-8-7-9-23(21)25-14-5-4-6-15-25/h11,16,19,21,23-24H,1,4-10,12-15,17H2,2-3H3. The van der Waals surface area contributed by atoms with E-state index in [4.69, 9.17) is 0 Å². The van der Waals surface area contributed by atoms with Crippen LogP contribution >= 0.6 is 0 Å². The van der Waals surface area contributed by atoms with Crippen molar-refractivity contribution in [3.8, 4) is 0 Å². The Bertz CT molecular complexity index is 510. The molecule has 3 atom stereocenters. The number of rotatable bonds is 7. The van der Waals surface area contributed by atoms with E-state index in [1.807, 2.05) is 7.05 Å². The Labute approximate surface area is 155 Å². The highest BCUT2D eigenvalue weighted by atomic mass is 15.2. The number of nitrogens with one attached hydrogen (secondary N) is 1. The fourth-order valence-corrected chi connectivity index (χ4v) is 5.34. The summed E-state index contributed by atoms with van der Waals surface area (Å²) in [5, 5.41) is 3.31. The quantitative estimate of drug-likeness (QED) is 0.693. The van der Waals surface area contributed by atoms with Gasteiger partial charge in [-0.15, -0.1) is 0 Å². The molecule has 0 amide bonds. The van der Waals surface area contributed by atoms with Crippen molar-refractivity contribution in [2.75, 3.05) is 26.7 Å². The zero-order valence-electron chi connectivity index (χ0n) is 16.5. The average molecular weight is 343 g/mol. The molecule has 3 rings (SSSR count). The number of allylic oxidation sites excluding steroid dienone is 4. The van der Waals surface area contributed by atoms with Gasteiger partial charge in [0.25, 0.3) is 0 Å². The van der Waals surface area contributed by atoms with Gasteiger partial charge in [-0.2, -0.15) is 0 Å². The molecule has 3 aliphatic rings. The molecule has 1 aliphatic heterocycles. The summed E-state index contributed by atoms with van der Waals surface area (Å²) in [5.74, 6) is 1.66. The zero-order valence-corrected chi connectivity index (χ0v) is 16.5. The lowest BCUT2D eigenvalue weighted by Crippen LogP contribution is -2.41. The van der Waals surface area contributed by atoms with Crippen LogP contribution in [0.1, 0.15) is 64.7 Å². The molecule has 0 bridgehead atoms. The number of piperidine rings is 1. The molecule has 1 saturated carbocycles. The summed E-state index contributed by atoms with van der Waals surface area (Å²) in [6.07, 6.45) is 17.5. The van der Waals surface area contributed by atoms with Crippen LogP contribution in [0, 0.1) is 11.8 Å². The largest absolute Gasteiger partial charge is 0.319 e. The Morgan fingerprint density at radius 1 is 1.20 bits per heavy atom. The summed E-state index contributed by atoms with van der Waals surface area (Å²) in [6.45, 7) is 10.1. The molecule has 2 heteroatoms. The monoisotopic (exact) mass is 342 g/mol. The van der Waals surface area contributed by atoms with E-state index < -0.39 is 0 Å². The number of hydrogen-bond donors (Lipinski definition) is 1. The third-order valence-electron chi connectivity index (χ3n) is 6.60. The summed E-state index contributed by atoms with van der Waals surface area (Å²) >= 11 is 0. The summed E-state index contributed by atoms with van der Waals surface area (Å²) < 4.78 is 0. The molecule has 1 heterocycles. The highest BCUT2D eigenvalue weighted by molar-refractivity contribution is 5.46. The van der Waals surface area contributed by atoms with Crippen molar-refractivity contribution in [1.82, 2.24) is 10.2 Å². The number of nitrogens with zero attached hydrogens (tertiary/aromatic N) is 1. The Kier molecular flexibility index (Phi) is 6.95. The second kappa shape index (κ2) is 9.19. The molecule has 1 N–H and O–H groups in total. The molecular weight excluding hydrogens is 304 g/mol. The summed E-state index contributed by atoms with van der Waals surface area (Å²) in [7, 11) is 2.05. The van der Waals surface area contributed by atoms with Crippen LogP contribution in [-0.4, -0.2) is 37.6 Å². The van der Waals surface area contributed by atoms with Crippen LogP contribution in [-0.2, 0) is 0 Å². The SMILES string of the molecule is C=C(C)C1=CCC(CC2CCCC2N2CCCCC2)C=C1CCNC. The topological polar surface area (TPSA) is 15.3 Å².